The van der Waals surface area contributed by atoms with Crippen LogP contribution in [0.4, 0.5) is 11.5 Å². The van der Waals surface area contributed by atoms with Gasteiger partial charge in [0.05, 0.1) is 16.4 Å². The molecule has 0 unspecified atom stereocenters. The van der Waals surface area contributed by atoms with Crippen LogP contribution in [0.5, 0.6) is 0 Å². The van der Waals surface area contributed by atoms with Crippen molar-refractivity contribution in [3.63, 3.8) is 0 Å². The van der Waals surface area contributed by atoms with E-state index >= 15 is 0 Å². The molecule has 0 saturated carbocycles. The number of halogens is 2. The molecule has 0 radical (unpaired) electrons. The summed E-state index contributed by atoms with van der Waals surface area (Å²) in [5, 5.41) is 8.46. The molecular weight excluding hydrogens is 414 g/mol. The van der Waals surface area contributed by atoms with Gasteiger partial charge in [0, 0.05) is 28.9 Å². The summed E-state index contributed by atoms with van der Waals surface area (Å²) in [4.78, 5) is 4.70. The fraction of sp³-hybridized carbons (Fsp3) is 0.0526. The summed E-state index contributed by atoms with van der Waals surface area (Å²) in [6.45, 7) is 0.615. The molecule has 0 aliphatic heterocycles. The van der Waals surface area contributed by atoms with Gasteiger partial charge >= 0.3 is 0 Å². The van der Waals surface area contributed by atoms with E-state index in [9.17, 15) is 0 Å². The highest BCUT2D eigenvalue weighted by atomic mass is 79.9. The van der Waals surface area contributed by atoms with Crippen LogP contribution in [-0.2, 0) is 6.54 Å². The standard InChI is InChI=1S/C19H15BrClN5/c20-15-11-24-26-18(23-10-12-4-3-5-13(22)8-12)9-17(25-19(15)26)14-6-1-2-7-16(14)21/h1-9,11,23H,10,22H2. The number of nitrogens with one attached hydrogen (secondary N) is 1. The molecule has 0 atom stereocenters. The average Bonchev–Trinajstić information content (AvgIpc) is 3.01. The molecule has 0 spiro atoms. The highest BCUT2D eigenvalue weighted by molar-refractivity contribution is 9.10. The van der Waals surface area contributed by atoms with Gasteiger partial charge in [0.1, 0.15) is 5.82 Å². The molecule has 0 saturated heterocycles. The predicted octanol–water partition coefficient (Wildman–Crippen LogP) is 5.01. The SMILES string of the molecule is Nc1cccc(CNc2cc(-c3ccccc3Cl)nc3c(Br)cnn23)c1. The topological polar surface area (TPSA) is 68.2 Å². The van der Waals surface area contributed by atoms with Crippen LogP contribution in [0.2, 0.25) is 5.02 Å². The Kier molecular flexibility index (Phi) is 4.53. The Labute approximate surface area is 163 Å². The molecule has 3 N–H and O–H groups in total. The summed E-state index contributed by atoms with van der Waals surface area (Å²) in [6.07, 6.45) is 1.73. The van der Waals surface area contributed by atoms with Crippen LogP contribution in [0.3, 0.4) is 0 Å². The van der Waals surface area contributed by atoms with Crippen molar-refractivity contribution in [2.75, 3.05) is 11.1 Å². The van der Waals surface area contributed by atoms with Crippen LogP contribution in [0.25, 0.3) is 16.9 Å². The Bertz CT molecular complexity index is 1090. The van der Waals surface area contributed by atoms with Crippen molar-refractivity contribution in [2.45, 2.75) is 6.54 Å². The van der Waals surface area contributed by atoms with Crippen LogP contribution < -0.4 is 11.1 Å². The molecule has 4 rings (SSSR count). The Balaban J connectivity index is 1.77. The maximum absolute atomic E-state index is 6.36. The van der Waals surface area contributed by atoms with Gasteiger partial charge in [-0.2, -0.15) is 9.61 Å². The quantitative estimate of drug-likeness (QED) is 0.449. The molecule has 0 aliphatic carbocycles. The Morgan fingerprint density at radius 1 is 1.12 bits per heavy atom. The third-order valence-corrected chi connectivity index (χ3v) is 4.89. The number of fused-ring (bicyclic) bond motifs is 1. The largest absolute Gasteiger partial charge is 0.399 e. The first-order valence-corrected chi connectivity index (χ1v) is 9.16. The first-order valence-electron chi connectivity index (χ1n) is 7.99. The lowest BCUT2D eigenvalue weighted by Crippen LogP contribution is -2.07. The number of nitrogens with two attached hydrogens (primary N) is 1. The maximum atomic E-state index is 6.36. The third-order valence-electron chi connectivity index (χ3n) is 4.00. The fourth-order valence-corrected chi connectivity index (χ4v) is 3.35. The highest BCUT2D eigenvalue weighted by Gasteiger charge is 2.13. The zero-order chi connectivity index (χ0) is 18.1. The molecule has 4 aromatic rings. The minimum Gasteiger partial charge on any atom is -0.399 e. The third kappa shape index (κ3) is 3.25. The van der Waals surface area contributed by atoms with Gasteiger partial charge in [0.25, 0.3) is 0 Å². The lowest BCUT2D eigenvalue weighted by molar-refractivity contribution is 0.927. The molecule has 5 nitrogen and oxygen atoms in total. The summed E-state index contributed by atoms with van der Waals surface area (Å²) < 4.78 is 2.58. The molecule has 2 aromatic carbocycles. The number of anilines is 2. The van der Waals surface area contributed by atoms with Crippen molar-refractivity contribution in [3.8, 4) is 11.3 Å². The van der Waals surface area contributed by atoms with E-state index in [2.05, 4.69) is 26.3 Å². The van der Waals surface area contributed by atoms with Crippen molar-refractivity contribution in [2.24, 2.45) is 0 Å². The van der Waals surface area contributed by atoms with E-state index in [0.717, 1.165) is 38.4 Å². The summed E-state index contributed by atoms with van der Waals surface area (Å²) in [5.41, 5.74) is 10.1. The van der Waals surface area contributed by atoms with Crippen molar-refractivity contribution in [3.05, 3.63) is 75.9 Å². The fourth-order valence-electron chi connectivity index (χ4n) is 2.76. The Morgan fingerprint density at radius 2 is 1.96 bits per heavy atom. The van der Waals surface area contributed by atoms with E-state index in [1.807, 2.05) is 54.6 Å². The minimum absolute atomic E-state index is 0.615. The smallest absolute Gasteiger partial charge is 0.172 e. The molecule has 26 heavy (non-hydrogen) atoms. The minimum atomic E-state index is 0.615. The van der Waals surface area contributed by atoms with Crippen molar-refractivity contribution in [1.29, 1.82) is 0 Å². The summed E-state index contributed by atoms with van der Waals surface area (Å²) >= 11 is 9.87. The summed E-state index contributed by atoms with van der Waals surface area (Å²) in [6, 6.07) is 17.4. The Morgan fingerprint density at radius 3 is 2.77 bits per heavy atom. The summed E-state index contributed by atoms with van der Waals surface area (Å²) in [5.74, 6) is 0.818. The van der Waals surface area contributed by atoms with E-state index in [1.165, 1.54) is 0 Å². The first-order chi connectivity index (χ1) is 12.6. The second-order valence-corrected chi connectivity index (χ2v) is 7.09. The van der Waals surface area contributed by atoms with Gasteiger partial charge in [-0.1, -0.05) is 41.9 Å². The van der Waals surface area contributed by atoms with Gasteiger partial charge in [0.2, 0.25) is 0 Å². The van der Waals surface area contributed by atoms with E-state index in [0.29, 0.717) is 11.6 Å². The highest BCUT2D eigenvalue weighted by Crippen LogP contribution is 2.30. The van der Waals surface area contributed by atoms with Crippen LogP contribution in [0.15, 0.2) is 65.3 Å². The predicted molar refractivity (Wildman–Crippen MR) is 109 cm³/mol. The van der Waals surface area contributed by atoms with Crippen LogP contribution in [0, 0.1) is 0 Å². The number of nitrogens with zero attached hydrogens (tertiary/aromatic N) is 3. The number of nitrogen functional groups attached to an aromatic ring is 1. The molecule has 0 fully saturated rings. The van der Waals surface area contributed by atoms with E-state index in [-0.39, 0.29) is 0 Å². The van der Waals surface area contributed by atoms with Gasteiger partial charge < -0.3 is 11.1 Å². The van der Waals surface area contributed by atoms with Crippen molar-refractivity contribution in [1.82, 2.24) is 14.6 Å². The second kappa shape index (κ2) is 6.97. The average molecular weight is 429 g/mol. The van der Waals surface area contributed by atoms with Crippen molar-refractivity contribution < 1.29 is 0 Å². The zero-order valence-corrected chi connectivity index (χ0v) is 16.0. The molecule has 2 aromatic heterocycles. The van der Waals surface area contributed by atoms with E-state index in [1.54, 1.807) is 10.7 Å². The number of rotatable bonds is 4. The van der Waals surface area contributed by atoms with Gasteiger partial charge in [-0.15, -0.1) is 0 Å². The monoisotopic (exact) mass is 427 g/mol. The summed E-state index contributed by atoms with van der Waals surface area (Å²) in [7, 11) is 0. The van der Waals surface area contributed by atoms with Crippen LogP contribution in [-0.4, -0.2) is 14.6 Å². The van der Waals surface area contributed by atoms with Gasteiger partial charge in [0.15, 0.2) is 5.65 Å². The normalized spacial score (nSPS) is 11.0. The molecular formula is C19H15BrClN5. The molecule has 0 amide bonds. The number of hydrogen-bond acceptors (Lipinski definition) is 4. The van der Waals surface area contributed by atoms with Gasteiger partial charge in [-0.05, 0) is 39.7 Å². The molecule has 2 heterocycles. The number of hydrogen-bond donors (Lipinski definition) is 2. The van der Waals surface area contributed by atoms with E-state index < -0.39 is 0 Å². The lowest BCUT2D eigenvalue weighted by atomic mass is 10.1. The van der Waals surface area contributed by atoms with E-state index in [4.69, 9.17) is 22.3 Å². The maximum Gasteiger partial charge on any atom is 0.172 e. The molecule has 0 bridgehead atoms. The van der Waals surface area contributed by atoms with Gasteiger partial charge in [-0.3, -0.25) is 0 Å². The number of benzene rings is 2. The van der Waals surface area contributed by atoms with Crippen LogP contribution >= 0.6 is 27.5 Å². The molecule has 7 heteroatoms. The van der Waals surface area contributed by atoms with Gasteiger partial charge in [-0.25, -0.2) is 4.98 Å². The van der Waals surface area contributed by atoms with Crippen LogP contribution in [0.1, 0.15) is 5.56 Å². The second-order valence-electron chi connectivity index (χ2n) is 5.83. The first kappa shape index (κ1) is 16.9. The zero-order valence-electron chi connectivity index (χ0n) is 13.7. The van der Waals surface area contributed by atoms with Crippen molar-refractivity contribution >= 4 is 44.7 Å². The number of aromatic nitrogens is 3. The lowest BCUT2D eigenvalue weighted by Gasteiger charge is -2.12. The molecule has 0 aliphatic rings. The Hall–Kier alpha value is -2.57. The molecule has 130 valence electrons.